The van der Waals surface area contributed by atoms with Crippen LogP contribution in [0.5, 0.6) is 0 Å². The number of fused-ring (bicyclic) bond motifs is 5. The normalized spacial score (nSPS) is 41.4. The van der Waals surface area contributed by atoms with Crippen molar-refractivity contribution in [2.45, 2.75) is 169 Å². The molecule has 0 aromatic rings. The van der Waals surface area contributed by atoms with Crippen LogP contribution >= 0.6 is 0 Å². The fraction of sp³-hybridized carbons (Fsp3) is 1.00. The second kappa shape index (κ2) is 12.6. The summed E-state index contributed by atoms with van der Waals surface area (Å²) in [4.78, 5) is 0. The van der Waals surface area contributed by atoms with E-state index in [0.717, 1.165) is 6.61 Å². The summed E-state index contributed by atoms with van der Waals surface area (Å²) in [5.74, 6) is 4.08. The maximum absolute atomic E-state index is 7.39. The molecule has 0 bridgehead atoms. The fourth-order valence-corrected chi connectivity index (χ4v) is 14.9. The van der Waals surface area contributed by atoms with Gasteiger partial charge >= 0.3 is 0 Å². The Balaban J connectivity index is 1.70. The highest BCUT2D eigenvalue weighted by atomic mass is 28.4. The van der Waals surface area contributed by atoms with Crippen LogP contribution in [0.25, 0.3) is 0 Å². The average molecular weight is 669 g/mol. The Labute approximate surface area is 272 Å². The molecule has 4 nitrogen and oxygen atoms in total. The number of rotatable bonds is 11. The highest BCUT2D eigenvalue weighted by Gasteiger charge is 2.67. The SMILES string of the molecule is C[C@H](CCO[Si](C)(C)C)[C@H]1CC[C@H]2[C@@H]3[C@H](O[Si](C)(C)C)C[C@@H]4C[C@H](O[Si](C)(C)C)CC[C@]4(C)[C@H]3C[C@H](O[Si](C)(C)C)[C@]12C. The summed E-state index contributed by atoms with van der Waals surface area (Å²) >= 11 is 0. The smallest absolute Gasteiger partial charge is 0.184 e. The predicted molar refractivity (Wildman–Crippen MR) is 194 cm³/mol. The van der Waals surface area contributed by atoms with Gasteiger partial charge in [0, 0.05) is 18.8 Å². The predicted octanol–water partition coefficient (Wildman–Crippen LogP) is 10.4. The maximum Gasteiger partial charge on any atom is 0.184 e. The average Bonchev–Trinajstić information content (AvgIpc) is 3.15. The van der Waals surface area contributed by atoms with Crippen LogP contribution in [0.1, 0.15) is 72.1 Å². The van der Waals surface area contributed by atoms with Crippen LogP contribution in [0.4, 0.5) is 0 Å². The lowest BCUT2D eigenvalue weighted by Crippen LogP contribution is -2.64. The standard InChI is InChI=1S/C35H72O4Si4/c1-25(19-21-36-40(4,5)6)28-16-17-29-33-30(24-32(35(28,29)3)39-43(13,14)15)34(2)20-18-27(37-41(7,8)9)22-26(34)23-31(33)38-42(10,11)12/h25-33H,16-24H2,1-15H3/t25-,26+,27-,28-,29+,30+,31-,32+,33+,34+,35-/m1/s1. The quantitative estimate of drug-likeness (QED) is 0.205. The summed E-state index contributed by atoms with van der Waals surface area (Å²) < 4.78 is 27.9. The molecule has 0 unspecified atom stereocenters. The van der Waals surface area contributed by atoms with Crippen molar-refractivity contribution in [1.29, 1.82) is 0 Å². The largest absolute Gasteiger partial charge is 0.418 e. The molecule has 43 heavy (non-hydrogen) atoms. The fourth-order valence-electron chi connectivity index (χ4n) is 10.6. The van der Waals surface area contributed by atoms with Crippen molar-refractivity contribution in [1.82, 2.24) is 0 Å². The molecule has 0 saturated heterocycles. The topological polar surface area (TPSA) is 36.9 Å². The third kappa shape index (κ3) is 8.41. The van der Waals surface area contributed by atoms with E-state index in [0.29, 0.717) is 59.2 Å². The summed E-state index contributed by atoms with van der Waals surface area (Å²) in [6, 6.07) is 0. The molecule has 11 atom stereocenters. The first-order valence-corrected chi connectivity index (χ1v) is 31.7. The van der Waals surface area contributed by atoms with E-state index in [1.54, 1.807) is 0 Å². The van der Waals surface area contributed by atoms with Gasteiger partial charge in [-0.3, -0.25) is 0 Å². The first kappa shape index (κ1) is 36.5. The lowest BCUT2D eigenvalue weighted by molar-refractivity contribution is -0.199. The van der Waals surface area contributed by atoms with Crippen LogP contribution in [-0.2, 0) is 17.7 Å². The Bertz CT molecular complexity index is 949. The molecular formula is C35H72O4Si4. The van der Waals surface area contributed by atoms with Crippen molar-refractivity contribution in [3.63, 3.8) is 0 Å². The summed E-state index contributed by atoms with van der Waals surface area (Å²) in [6.07, 6.45) is 11.3. The van der Waals surface area contributed by atoms with Gasteiger partial charge in [0.1, 0.15) is 0 Å². The third-order valence-corrected chi connectivity index (χ3v) is 16.2. The van der Waals surface area contributed by atoms with Gasteiger partial charge in [-0.1, -0.05) is 20.8 Å². The molecule has 0 aromatic heterocycles. The molecule has 0 aliphatic heterocycles. The van der Waals surface area contributed by atoms with E-state index >= 15 is 0 Å². The Morgan fingerprint density at radius 3 is 1.84 bits per heavy atom. The van der Waals surface area contributed by atoms with Crippen LogP contribution < -0.4 is 0 Å². The highest BCUT2D eigenvalue weighted by Crippen LogP contribution is 2.69. The van der Waals surface area contributed by atoms with Gasteiger partial charge < -0.3 is 17.7 Å². The van der Waals surface area contributed by atoms with Gasteiger partial charge in [-0.05, 0) is 176 Å². The van der Waals surface area contributed by atoms with Gasteiger partial charge in [-0.25, -0.2) is 0 Å². The number of hydrogen-bond donors (Lipinski definition) is 0. The van der Waals surface area contributed by atoms with E-state index in [4.69, 9.17) is 17.7 Å². The van der Waals surface area contributed by atoms with Gasteiger partial charge in [-0.2, -0.15) is 0 Å². The molecule has 252 valence electrons. The van der Waals surface area contributed by atoms with Crippen LogP contribution in [0.15, 0.2) is 0 Å². The van der Waals surface area contributed by atoms with Crippen LogP contribution in [-0.4, -0.2) is 58.2 Å². The molecule has 8 heteroatoms. The lowest BCUT2D eigenvalue weighted by atomic mass is 9.43. The van der Waals surface area contributed by atoms with Crippen molar-refractivity contribution < 1.29 is 17.7 Å². The molecule has 4 fully saturated rings. The maximum atomic E-state index is 7.39. The van der Waals surface area contributed by atoms with Crippen molar-refractivity contribution >= 4 is 33.3 Å². The summed E-state index contributed by atoms with van der Waals surface area (Å²) in [5, 5.41) is 0. The zero-order valence-corrected chi connectivity index (χ0v) is 35.2. The third-order valence-electron chi connectivity index (χ3n) is 12.1. The Morgan fingerprint density at radius 2 is 1.28 bits per heavy atom. The Morgan fingerprint density at radius 1 is 0.674 bits per heavy atom. The molecule has 0 N–H and O–H groups in total. The molecule has 0 aromatic carbocycles. The summed E-state index contributed by atoms with van der Waals surface area (Å²) in [5.41, 5.74) is 0.572. The van der Waals surface area contributed by atoms with Crippen LogP contribution in [0, 0.1) is 46.3 Å². The molecule has 4 aliphatic rings. The Kier molecular flexibility index (Phi) is 10.7. The monoisotopic (exact) mass is 668 g/mol. The number of hydrogen-bond acceptors (Lipinski definition) is 4. The summed E-state index contributed by atoms with van der Waals surface area (Å²) in [7, 11) is -6.52. The first-order valence-electron chi connectivity index (χ1n) is 18.1. The molecular weight excluding hydrogens is 597 g/mol. The van der Waals surface area contributed by atoms with Crippen LogP contribution in [0.3, 0.4) is 0 Å². The van der Waals surface area contributed by atoms with Gasteiger partial charge in [-0.15, -0.1) is 0 Å². The second-order valence-electron chi connectivity index (χ2n) is 19.9. The molecule has 4 rings (SSSR count). The Hall–Kier alpha value is 0.708. The van der Waals surface area contributed by atoms with Crippen molar-refractivity contribution in [2.24, 2.45) is 46.3 Å². The van der Waals surface area contributed by atoms with E-state index in [-0.39, 0.29) is 5.41 Å². The van der Waals surface area contributed by atoms with E-state index in [9.17, 15) is 0 Å². The second-order valence-corrected chi connectivity index (χ2v) is 37.8. The van der Waals surface area contributed by atoms with Gasteiger partial charge in [0.15, 0.2) is 33.3 Å². The van der Waals surface area contributed by atoms with E-state index in [1.165, 1.54) is 51.4 Å². The van der Waals surface area contributed by atoms with Gasteiger partial charge in [0.05, 0.1) is 6.10 Å². The molecule has 0 amide bonds. The van der Waals surface area contributed by atoms with E-state index < -0.39 is 33.3 Å². The zero-order chi connectivity index (χ0) is 32.4. The van der Waals surface area contributed by atoms with Gasteiger partial charge in [0.2, 0.25) is 0 Å². The van der Waals surface area contributed by atoms with E-state index in [2.05, 4.69) is 99.3 Å². The minimum atomic E-state index is -1.74. The van der Waals surface area contributed by atoms with Crippen molar-refractivity contribution in [3.05, 3.63) is 0 Å². The first-order chi connectivity index (χ1) is 19.4. The zero-order valence-electron chi connectivity index (χ0n) is 31.2. The highest BCUT2D eigenvalue weighted by molar-refractivity contribution is 6.70. The minimum absolute atomic E-state index is 0.211. The van der Waals surface area contributed by atoms with Crippen molar-refractivity contribution in [3.8, 4) is 0 Å². The minimum Gasteiger partial charge on any atom is -0.418 e. The van der Waals surface area contributed by atoms with Gasteiger partial charge in [0.25, 0.3) is 0 Å². The lowest BCUT2D eigenvalue weighted by Gasteiger charge is -2.66. The summed E-state index contributed by atoms with van der Waals surface area (Å²) in [6.45, 7) is 37.4. The molecule has 0 radical (unpaired) electrons. The molecule has 4 saturated carbocycles. The van der Waals surface area contributed by atoms with Crippen LogP contribution in [0.2, 0.25) is 78.6 Å². The molecule has 0 spiro atoms. The van der Waals surface area contributed by atoms with Crippen molar-refractivity contribution in [2.75, 3.05) is 6.61 Å². The molecule has 4 aliphatic carbocycles. The molecule has 0 heterocycles. The van der Waals surface area contributed by atoms with E-state index in [1.807, 2.05) is 0 Å².